The molecule has 0 unspecified atom stereocenters. The van der Waals surface area contributed by atoms with Crippen LogP contribution in [-0.2, 0) is 0 Å². The molecule has 0 saturated carbocycles. The molecule has 0 saturated heterocycles. The minimum absolute atomic E-state index is 0.300. The molecule has 1 heterocycles. The van der Waals surface area contributed by atoms with Gasteiger partial charge in [0, 0.05) is 4.47 Å². The summed E-state index contributed by atoms with van der Waals surface area (Å²) in [4.78, 5) is 3.14. The second kappa shape index (κ2) is 4.98. The van der Waals surface area contributed by atoms with Crippen molar-refractivity contribution in [3.8, 4) is 5.69 Å². The molecule has 0 radical (unpaired) electrons. The predicted octanol–water partition coefficient (Wildman–Crippen LogP) is 5.55. The number of rotatable bonds is 1. The summed E-state index contributed by atoms with van der Waals surface area (Å²) in [6.45, 7) is 2.01. The van der Waals surface area contributed by atoms with Gasteiger partial charge >= 0.3 is 0 Å². The summed E-state index contributed by atoms with van der Waals surface area (Å²) >= 11 is 14.9. The summed E-state index contributed by atoms with van der Waals surface area (Å²) in [5.41, 5.74) is 3.58. The van der Waals surface area contributed by atoms with E-state index in [1.54, 1.807) is 4.57 Å². The van der Waals surface area contributed by atoms with Gasteiger partial charge in [-0.15, -0.1) is 0 Å². The molecule has 102 valence electrons. The summed E-state index contributed by atoms with van der Waals surface area (Å²) in [6.07, 6.45) is 0. The highest BCUT2D eigenvalue weighted by molar-refractivity contribution is 9.10. The molecule has 0 aliphatic carbocycles. The zero-order valence-electron chi connectivity index (χ0n) is 10.4. The van der Waals surface area contributed by atoms with E-state index >= 15 is 0 Å². The fourth-order valence-electron chi connectivity index (χ4n) is 2.20. The molecule has 0 amide bonds. The summed E-state index contributed by atoms with van der Waals surface area (Å²) < 4.78 is 16.2. The van der Waals surface area contributed by atoms with Crippen LogP contribution in [0.25, 0.3) is 16.7 Å². The average molecular weight is 372 g/mol. The zero-order chi connectivity index (χ0) is 14.4. The summed E-state index contributed by atoms with van der Waals surface area (Å²) in [7, 11) is 0. The molecular formula is C14H9BrClFN2S. The molecular weight excluding hydrogens is 363 g/mol. The first-order chi connectivity index (χ1) is 9.47. The third-order valence-electron chi connectivity index (χ3n) is 3.04. The van der Waals surface area contributed by atoms with Gasteiger partial charge in [-0.2, -0.15) is 0 Å². The number of fused-ring (bicyclic) bond motifs is 1. The maximum absolute atomic E-state index is 13.4. The monoisotopic (exact) mass is 370 g/mol. The molecule has 0 atom stereocenters. The number of aromatic nitrogens is 2. The number of imidazole rings is 1. The Labute approximate surface area is 133 Å². The van der Waals surface area contributed by atoms with Crippen molar-refractivity contribution in [1.82, 2.24) is 9.55 Å². The van der Waals surface area contributed by atoms with Crippen LogP contribution in [0.3, 0.4) is 0 Å². The normalized spacial score (nSPS) is 11.2. The van der Waals surface area contributed by atoms with E-state index in [1.807, 2.05) is 25.1 Å². The number of H-pyrrole nitrogens is 1. The number of hydrogen-bond acceptors (Lipinski definition) is 1. The van der Waals surface area contributed by atoms with Crippen LogP contribution >= 0.6 is 39.7 Å². The van der Waals surface area contributed by atoms with Crippen LogP contribution in [0, 0.1) is 17.5 Å². The van der Waals surface area contributed by atoms with E-state index in [4.69, 9.17) is 23.8 Å². The summed E-state index contributed by atoms with van der Waals surface area (Å²) in [5.74, 6) is -0.396. The van der Waals surface area contributed by atoms with Crippen LogP contribution in [-0.4, -0.2) is 9.55 Å². The standard InChI is InChI=1S/C14H9BrClFN2S/c1-7-2-3-12-11(4-7)18-14(20)19(12)13-9(15)5-8(17)6-10(13)16/h2-6H,1H3,(H,18,20). The number of nitrogens with zero attached hydrogens (tertiary/aromatic N) is 1. The Hall–Kier alpha value is -1.17. The van der Waals surface area contributed by atoms with E-state index in [0.29, 0.717) is 20.0 Å². The third kappa shape index (κ3) is 2.20. The Bertz CT molecular complexity index is 861. The number of aromatic amines is 1. The first-order valence-corrected chi connectivity index (χ1v) is 7.41. The van der Waals surface area contributed by atoms with E-state index in [9.17, 15) is 4.39 Å². The zero-order valence-corrected chi connectivity index (χ0v) is 13.5. The smallest absolute Gasteiger partial charge is 0.182 e. The van der Waals surface area contributed by atoms with Crippen molar-refractivity contribution in [2.24, 2.45) is 0 Å². The van der Waals surface area contributed by atoms with Crippen molar-refractivity contribution in [3.63, 3.8) is 0 Å². The van der Waals surface area contributed by atoms with Crippen LogP contribution in [0.4, 0.5) is 4.39 Å². The van der Waals surface area contributed by atoms with Gasteiger partial charge in [-0.05, 0) is 64.9 Å². The minimum Gasteiger partial charge on any atom is -0.330 e. The van der Waals surface area contributed by atoms with Crippen LogP contribution < -0.4 is 0 Å². The molecule has 1 aromatic heterocycles. The Kier molecular flexibility index (Phi) is 3.44. The van der Waals surface area contributed by atoms with Gasteiger partial charge in [-0.1, -0.05) is 17.7 Å². The first kappa shape index (κ1) is 13.8. The molecule has 3 rings (SSSR count). The van der Waals surface area contributed by atoms with Gasteiger partial charge in [0.25, 0.3) is 0 Å². The maximum atomic E-state index is 13.4. The Morgan fingerprint density at radius 1 is 1.30 bits per heavy atom. The largest absolute Gasteiger partial charge is 0.330 e. The van der Waals surface area contributed by atoms with Crippen LogP contribution in [0.1, 0.15) is 5.56 Å². The summed E-state index contributed by atoms with van der Waals surface area (Å²) in [6, 6.07) is 8.61. The van der Waals surface area contributed by atoms with Crippen molar-refractivity contribution in [2.75, 3.05) is 0 Å². The second-order valence-corrected chi connectivity index (χ2v) is 6.15. The number of hydrogen-bond donors (Lipinski definition) is 1. The van der Waals surface area contributed by atoms with Gasteiger partial charge in [-0.3, -0.25) is 4.57 Å². The lowest BCUT2D eigenvalue weighted by atomic mass is 10.2. The highest BCUT2D eigenvalue weighted by atomic mass is 79.9. The molecule has 0 aliphatic rings. The van der Waals surface area contributed by atoms with E-state index in [-0.39, 0.29) is 0 Å². The molecule has 0 bridgehead atoms. The lowest BCUT2D eigenvalue weighted by molar-refractivity contribution is 0.626. The van der Waals surface area contributed by atoms with Gasteiger partial charge < -0.3 is 4.98 Å². The van der Waals surface area contributed by atoms with Gasteiger partial charge in [0.2, 0.25) is 0 Å². The molecule has 20 heavy (non-hydrogen) atoms. The van der Waals surface area contributed by atoms with Crippen molar-refractivity contribution < 1.29 is 4.39 Å². The number of benzene rings is 2. The van der Waals surface area contributed by atoms with Crippen molar-refractivity contribution in [2.45, 2.75) is 6.92 Å². The second-order valence-electron chi connectivity index (χ2n) is 4.50. The quantitative estimate of drug-likeness (QED) is 0.556. The highest BCUT2D eigenvalue weighted by Gasteiger charge is 2.14. The van der Waals surface area contributed by atoms with Crippen LogP contribution in [0.15, 0.2) is 34.8 Å². The average Bonchev–Trinajstić information content (AvgIpc) is 2.64. The molecule has 2 nitrogen and oxygen atoms in total. The lowest BCUT2D eigenvalue weighted by Gasteiger charge is -2.10. The van der Waals surface area contributed by atoms with Crippen molar-refractivity contribution in [1.29, 1.82) is 0 Å². The first-order valence-electron chi connectivity index (χ1n) is 5.83. The fourth-order valence-corrected chi connectivity index (χ4v) is 3.51. The van der Waals surface area contributed by atoms with E-state index in [0.717, 1.165) is 16.6 Å². The van der Waals surface area contributed by atoms with E-state index in [2.05, 4.69) is 20.9 Å². The number of aryl methyl sites for hydroxylation is 1. The molecule has 0 fully saturated rings. The Morgan fingerprint density at radius 3 is 2.75 bits per heavy atom. The predicted molar refractivity (Wildman–Crippen MR) is 85.9 cm³/mol. The lowest BCUT2D eigenvalue weighted by Crippen LogP contribution is -1.97. The molecule has 3 aromatic rings. The maximum Gasteiger partial charge on any atom is 0.182 e. The molecule has 6 heteroatoms. The van der Waals surface area contributed by atoms with Crippen LogP contribution in [0.5, 0.6) is 0 Å². The third-order valence-corrected chi connectivity index (χ3v) is 4.22. The fraction of sp³-hybridized carbons (Fsp3) is 0.0714. The van der Waals surface area contributed by atoms with Gasteiger partial charge in [-0.25, -0.2) is 4.39 Å². The Balaban J connectivity index is 2.41. The molecule has 0 aliphatic heterocycles. The van der Waals surface area contributed by atoms with E-state index in [1.165, 1.54) is 12.1 Å². The Morgan fingerprint density at radius 2 is 2.05 bits per heavy atom. The summed E-state index contributed by atoms with van der Waals surface area (Å²) in [5, 5.41) is 0.300. The van der Waals surface area contributed by atoms with Crippen molar-refractivity contribution >= 4 is 50.8 Å². The SMILES string of the molecule is Cc1ccc2c(c1)[nH]c(=S)n2-c1c(Cl)cc(F)cc1Br. The topological polar surface area (TPSA) is 20.7 Å². The number of nitrogens with one attached hydrogen (secondary N) is 1. The number of halogens is 3. The van der Waals surface area contributed by atoms with E-state index < -0.39 is 5.82 Å². The van der Waals surface area contributed by atoms with Gasteiger partial charge in [0.15, 0.2) is 4.77 Å². The van der Waals surface area contributed by atoms with Crippen LogP contribution in [0.2, 0.25) is 5.02 Å². The highest BCUT2D eigenvalue weighted by Crippen LogP contribution is 2.33. The van der Waals surface area contributed by atoms with Crippen molar-refractivity contribution in [3.05, 3.63) is 56.0 Å². The molecule has 1 N–H and O–H groups in total. The van der Waals surface area contributed by atoms with Gasteiger partial charge in [0.1, 0.15) is 5.82 Å². The molecule has 0 spiro atoms. The minimum atomic E-state index is -0.396. The van der Waals surface area contributed by atoms with Gasteiger partial charge in [0.05, 0.1) is 21.7 Å². The molecule has 2 aromatic carbocycles.